The molecule has 1 aromatic carbocycles. The number of esters is 1. The molecule has 1 heterocycles. The number of piperidine rings is 1. The molecule has 2 rings (SSSR count). The third-order valence-electron chi connectivity index (χ3n) is 4.07. The molecular formula is C17H22N2O2. The molecule has 0 N–H and O–H groups in total. The summed E-state index contributed by atoms with van der Waals surface area (Å²) in [6.45, 7) is 3.18. The van der Waals surface area contributed by atoms with Crippen LogP contribution in [0.5, 0.6) is 0 Å². The smallest absolute Gasteiger partial charge is 0.337 e. The maximum atomic E-state index is 11.4. The summed E-state index contributed by atoms with van der Waals surface area (Å²) in [7, 11) is 1.40. The van der Waals surface area contributed by atoms with Crippen LogP contribution in [0.3, 0.4) is 0 Å². The van der Waals surface area contributed by atoms with E-state index in [4.69, 9.17) is 10.00 Å². The largest absolute Gasteiger partial charge is 0.465 e. The lowest BCUT2D eigenvalue weighted by molar-refractivity contribution is 0.0600. The van der Waals surface area contributed by atoms with Gasteiger partial charge in [-0.05, 0) is 56.0 Å². The summed E-state index contributed by atoms with van der Waals surface area (Å²) in [5.74, 6) is 0.232. The quantitative estimate of drug-likeness (QED) is 0.617. The zero-order valence-corrected chi connectivity index (χ0v) is 12.5. The van der Waals surface area contributed by atoms with Crippen molar-refractivity contribution in [2.75, 3.05) is 26.7 Å². The fraction of sp³-hybridized carbons (Fsp3) is 0.529. The maximum Gasteiger partial charge on any atom is 0.337 e. The summed E-state index contributed by atoms with van der Waals surface area (Å²) >= 11 is 0. The minimum atomic E-state index is -0.289. The van der Waals surface area contributed by atoms with Crippen molar-refractivity contribution in [3.8, 4) is 6.07 Å². The van der Waals surface area contributed by atoms with E-state index in [2.05, 4.69) is 11.0 Å². The summed E-state index contributed by atoms with van der Waals surface area (Å²) in [6, 6.07) is 9.96. The first-order valence-electron chi connectivity index (χ1n) is 7.52. The molecule has 1 aliphatic rings. The number of benzene rings is 1. The summed E-state index contributed by atoms with van der Waals surface area (Å²) in [6.07, 6.45) is 3.96. The Kier molecular flexibility index (Phi) is 5.77. The van der Waals surface area contributed by atoms with E-state index in [1.165, 1.54) is 25.5 Å². The molecule has 1 unspecified atom stereocenters. The highest BCUT2D eigenvalue weighted by atomic mass is 16.5. The number of likely N-dealkylation sites (tertiary alicyclic amines) is 1. The van der Waals surface area contributed by atoms with Crippen molar-refractivity contribution in [1.82, 2.24) is 4.90 Å². The van der Waals surface area contributed by atoms with Crippen molar-refractivity contribution in [1.29, 1.82) is 5.26 Å². The molecule has 0 saturated carbocycles. The minimum Gasteiger partial charge on any atom is -0.465 e. The van der Waals surface area contributed by atoms with Crippen LogP contribution in [0.15, 0.2) is 24.3 Å². The molecule has 1 aromatic rings. The van der Waals surface area contributed by atoms with Gasteiger partial charge in [0, 0.05) is 13.0 Å². The van der Waals surface area contributed by atoms with Gasteiger partial charge in [0.25, 0.3) is 0 Å². The van der Waals surface area contributed by atoms with E-state index in [9.17, 15) is 4.79 Å². The molecule has 4 nitrogen and oxygen atoms in total. The van der Waals surface area contributed by atoms with E-state index in [0.29, 0.717) is 17.9 Å². The van der Waals surface area contributed by atoms with E-state index in [0.717, 1.165) is 26.1 Å². The predicted octanol–water partition coefficient (Wildman–Crippen LogP) is 2.96. The number of rotatable bonds is 5. The van der Waals surface area contributed by atoms with Crippen molar-refractivity contribution >= 4 is 5.97 Å². The molecule has 0 spiro atoms. The minimum absolute atomic E-state index is 0.289. The Morgan fingerprint density at radius 2 is 2.19 bits per heavy atom. The molecule has 0 bridgehead atoms. The van der Waals surface area contributed by atoms with Crippen LogP contribution in [0.2, 0.25) is 0 Å². The lowest BCUT2D eigenvalue weighted by Crippen LogP contribution is -2.35. The molecule has 0 aromatic heterocycles. The summed E-state index contributed by atoms with van der Waals surface area (Å²) in [5, 5.41) is 8.61. The van der Waals surface area contributed by atoms with Crippen molar-refractivity contribution in [3.05, 3.63) is 35.4 Å². The maximum absolute atomic E-state index is 11.4. The van der Waals surface area contributed by atoms with Crippen LogP contribution in [0, 0.1) is 11.3 Å². The van der Waals surface area contributed by atoms with Crippen LogP contribution < -0.4 is 0 Å². The zero-order chi connectivity index (χ0) is 15.1. The van der Waals surface area contributed by atoms with Crippen LogP contribution in [0.1, 0.15) is 47.5 Å². The Morgan fingerprint density at radius 3 is 2.86 bits per heavy atom. The summed E-state index contributed by atoms with van der Waals surface area (Å²) < 4.78 is 4.72. The molecule has 21 heavy (non-hydrogen) atoms. The van der Waals surface area contributed by atoms with Gasteiger partial charge in [-0.25, -0.2) is 4.79 Å². The highest BCUT2D eigenvalue weighted by molar-refractivity contribution is 5.89. The molecule has 4 heteroatoms. The normalized spacial score (nSPS) is 19.0. The molecular weight excluding hydrogens is 264 g/mol. The van der Waals surface area contributed by atoms with Crippen molar-refractivity contribution in [3.63, 3.8) is 0 Å². The van der Waals surface area contributed by atoms with Crippen LogP contribution in [0.25, 0.3) is 0 Å². The molecule has 1 aliphatic heterocycles. The van der Waals surface area contributed by atoms with Crippen molar-refractivity contribution in [2.24, 2.45) is 0 Å². The van der Waals surface area contributed by atoms with Gasteiger partial charge in [0.1, 0.15) is 0 Å². The zero-order valence-electron chi connectivity index (χ0n) is 12.5. The number of nitrogens with zero attached hydrogens (tertiary/aromatic N) is 2. The monoisotopic (exact) mass is 286 g/mol. The van der Waals surface area contributed by atoms with Crippen molar-refractivity contribution < 1.29 is 9.53 Å². The Bertz CT molecular complexity index is 505. The summed E-state index contributed by atoms with van der Waals surface area (Å²) in [5.41, 5.74) is 1.88. The second kappa shape index (κ2) is 7.80. The van der Waals surface area contributed by atoms with Gasteiger partial charge in [0.2, 0.25) is 0 Å². The first-order valence-corrected chi connectivity index (χ1v) is 7.52. The number of nitriles is 1. The van der Waals surface area contributed by atoms with Gasteiger partial charge in [-0.1, -0.05) is 12.1 Å². The molecule has 0 radical (unpaired) electrons. The Morgan fingerprint density at radius 1 is 1.43 bits per heavy atom. The molecule has 0 aliphatic carbocycles. The second-order valence-electron chi connectivity index (χ2n) is 5.52. The lowest BCUT2D eigenvalue weighted by Gasteiger charge is -2.32. The van der Waals surface area contributed by atoms with Gasteiger partial charge >= 0.3 is 5.97 Å². The third-order valence-corrected chi connectivity index (χ3v) is 4.07. The van der Waals surface area contributed by atoms with Gasteiger partial charge < -0.3 is 9.64 Å². The van der Waals surface area contributed by atoms with Gasteiger partial charge in [0.15, 0.2) is 0 Å². The van der Waals surface area contributed by atoms with E-state index < -0.39 is 0 Å². The number of hydrogen-bond acceptors (Lipinski definition) is 4. The molecule has 1 fully saturated rings. The van der Waals surface area contributed by atoms with Crippen LogP contribution in [-0.4, -0.2) is 37.6 Å². The average molecular weight is 286 g/mol. The average Bonchev–Trinajstić information content (AvgIpc) is 2.55. The van der Waals surface area contributed by atoms with Crippen molar-refractivity contribution in [2.45, 2.75) is 31.6 Å². The first-order chi connectivity index (χ1) is 10.2. The van der Waals surface area contributed by atoms with Crippen LogP contribution in [0.4, 0.5) is 0 Å². The van der Waals surface area contributed by atoms with E-state index >= 15 is 0 Å². The highest BCUT2D eigenvalue weighted by Gasteiger charge is 2.21. The first kappa shape index (κ1) is 15.5. The fourth-order valence-corrected chi connectivity index (χ4v) is 2.92. The van der Waals surface area contributed by atoms with E-state index in [1.807, 2.05) is 24.3 Å². The van der Waals surface area contributed by atoms with Gasteiger partial charge in [-0.3, -0.25) is 0 Å². The number of unbranched alkanes of at least 4 members (excludes halogenated alkanes) is 1. The van der Waals surface area contributed by atoms with E-state index in [-0.39, 0.29) is 5.97 Å². The van der Waals surface area contributed by atoms with E-state index in [1.54, 1.807) is 0 Å². The number of hydrogen-bond donors (Lipinski definition) is 0. The number of ether oxygens (including phenoxy) is 1. The van der Waals surface area contributed by atoms with Crippen LogP contribution >= 0.6 is 0 Å². The third kappa shape index (κ3) is 4.30. The Hall–Kier alpha value is -1.86. The topological polar surface area (TPSA) is 53.3 Å². The SMILES string of the molecule is COC(=O)c1ccc(C2CCCN(CCCC#N)C2)cc1. The molecule has 1 atom stereocenters. The molecule has 0 amide bonds. The second-order valence-corrected chi connectivity index (χ2v) is 5.52. The number of methoxy groups -OCH3 is 1. The number of carbonyl (C=O) groups excluding carboxylic acids is 1. The molecule has 1 saturated heterocycles. The highest BCUT2D eigenvalue weighted by Crippen LogP contribution is 2.27. The molecule has 112 valence electrons. The lowest BCUT2D eigenvalue weighted by atomic mass is 9.90. The van der Waals surface area contributed by atoms with Gasteiger partial charge in [-0.15, -0.1) is 0 Å². The Labute approximate surface area is 126 Å². The van der Waals surface area contributed by atoms with Gasteiger partial charge in [0.05, 0.1) is 18.7 Å². The predicted molar refractivity (Wildman–Crippen MR) is 81.0 cm³/mol. The fourth-order valence-electron chi connectivity index (χ4n) is 2.92. The Balaban J connectivity index is 1.94. The van der Waals surface area contributed by atoms with Gasteiger partial charge in [-0.2, -0.15) is 5.26 Å². The summed E-state index contributed by atoms with van der Waals surface area (Å²) in [4.78, 5) is 13.9. The standard InChI is InChI=1S/C17H22N2O2/c1-21-17(20)15-8-6-14(7-9-15)16-5-4-12-19(13-16)11-3-2-10-18/h6-9,16H,2-5,11-13H2,1H3. The van der Waals surface area contributed by atoms with Crippen LogP contribution in [-0.2, 0) is 4.74 Å². The number of carbonyl (C=O) groups is 1.